The zero-order valence-corrected chi connectivity index (χ0v) is 6.74. The normalized spacial score (nSPS) is 12.6. The minimum atomic E-state index is -0.0369. The second-order valence-corrected chi connectivity index (χ2v) is 2.41. The molecule has 0 aliphatic heterocycles. The van der Waals surface area contributed by atoms with E-state index >= 15 is 0 Å². The number of hydrogen-bond donors (Lipinski definition) is 1. The first-order valence-electron chi connectivity index (χ1n) is 3.49. The summed E-state index contributed by atoms with van der Waals surface area (Å²) in [6.45, 7) is 1.89. The Kier molecular flexibility index (Phi) is 2.44. The number of nitrogens with zero attached hydrogens (tertiary/aromatic N) is 1. The standard InChI is InChI=1S/C8H12N2O/c1-6(9)8-5-7(11-2)3-4-10-8/h3-6H,9H2,1-2H3. The van der Waals surface area contributed by atoms with Crippen molar-refractivity contribution in [3.63, 3.8) is 0 Å². The zero-order chi connectivity index (χ0) is 8.27. The molecule has 0 aliphatic rings. The highest BCUT2D eigenvalue weighted by molar-refractivity contribution is 5.23. The fourth-order valence-corrected chi connectivity index (χ4v) is 0.804. The molecule has 0 amide bonds. The number of aromatic nitrogens is 1. The molecular formula is C8H12N2O. The van der Waals surface area contributed by atoms with E-state index in [0.717, 1.165) is 11.4 Å². The lowest BCUT2D eigenvalue weighted by atomic mass is 10.2. The summed E-state index contributed by atoms with van der Waals surface area (Å²) in [5.41, 5.74) is 6.47. The first kappa shape index (κ1) is 8.01. The molecule has 1 heterocycles. The summed E-state index contributed by atoms with van der Waals surface area (Å²) in [6.07, 6.45) is 1.69. The number of ether oxygens (including phenoxy) is 1. The molecular weight excluding hydrogens is 140 g/mol. The molecule has 11 heavy (non-hydrogen) atoms. The van der Waals surface area contributed by atoms with Gasteiger partial charge in [0.15, 0.2) is 0 Å². The summed E-state index contributed by atoms with van der Waals surface area (Å²) in [5, 5.41) is 0. The highest BCUT2D eigenvalue weighted by Gasteiger charge is 2.00. The monoisotopic (exact) mass is 152 g/mol. The van der Waals surface area contributed by atoms with E-state index in [4.69, 9.17) is 10.5 Å². The van der Waals surface area contributed by atoms with Crippen molar-refractivity contribution in [3.8, 4) is 5.75 Å². The number of rotatable bonds is 2. The van der Waals surface area contributed by atoms with Gasteiger partial charge in [-0.15, -0.1) is 0 Å². The maximum absolute atomic E-state index is 5.62. The number of nitrogens with two attached hydrogens (primary N) is 1. The molecule has 1 unspecified atom stereocenters. The van der Waals surface area contributed by atoms with Gasteiger partial charge in [0, 0.05) is 18.3 Å². The largest absolute Gasteiger partial charge is 0.497 e. The van der Waals surface area contributed by atoms with Gasteiger partial charge in [0.25, 0.3) is 0 Å². The second-order valence-electron chi connectivity index (χ2n) is 2.41. The molecule has 0 aromatic carbocycles. The lowest BCUT2D eigenvalue weighted by molar-refractivity contribution is 0.413. The third-order valence-electron chi connectivity index (χ3n) is 1.45. The molecule has 3 heteroatoms. The highest BCUT2D eigenvalue weighted by Crippen LogP contribution is 2.13. The Hall–Kier alpha value is -1.09. The predicted octanol–water partition coefficient (Wildman–Crippen LogP) is 1.11. The fraction of sp³-hybridized carbons (Fsp3) is 0.375. The quantitative estimate of drug-likeness (QED) is 0.690. The summed E-state index contributed by atoms with van der Waals surface area (Å²) < 4.78 is 5.01. The van der Waals surface area contributed by atoms with Crippen LogP contribution in [0.15, 0.2) is 18.3 Å². The van der Waals surface area contributed by atoms with Crippen LogP contribution in [-0.4, -0.2) is 12.1 Å². The van der Waals surface area contributed by atoms with Crippen LogP contribution in [0.3, 0.4) is 0 Å². The molecule has 60 valence electrons. The Morgan fingerprint density at radius 1 is 1.64 bits per heavy atom. The molecule has 3 nitrogen and oxygen atoms in total. The predicted molar refractivity (Wildman–Crippen MR) is 43.4 cm³/mol. The maximum Gasteiger partial charge on any atom is 0.122 e. The van der Waals surface area contributed by atoms with Crippen molar-refractivity contribution in [3.05, 3.63) is 24.0 Å². The molecule has 1 rings (SSSR count). The average Bonchev–Trinajstić information content (AvgIpc) is 2.05. The van der Waals surface area contributed by atoms with E-state index in [0.29, 0.717) is 0 Å². The third-order valence-corrected chi connectivity index (χ3v) is 1.45. The Bertz CT molecular complexity index is 235. The van der Waals surface area contributed by atoms with Gasteiger partial charge < -0.3 is 10.5 Å². The number of methoxy groups -OCH3 is 1. The van der Waals surface area contributed by atoms with Gasteiger partial charge in [-0.25, -0.2) is 0 Å². The molecule has 0 aliphatic carbocycles. The number of pyridine rings is 1. The van der Waals surface area contributed by atoms with Gasteiger partial charge in [-0.05, 0) is 13.0 Å². The van der Waals surface area contributed by atoms with Crippen molar-refractivity contribution in [1.29, 1.82) is 0 Å². The van der Waals surface area contributed by atoms with Gasteiger partial charge in [-0.1, -0.05) is 0 Å². The van der Waals surface area contributed by atoms with Crippen LogP contribution in [0.2, 0.25) is 0 Å². The Labute approximate surface area is 66.2 Å². The van der Waals surface area contributed by atoms with Crippen LogP contribution >= 0.6 is 0 Å². The molecule has 1 aromatic rings. The van der Waals surface area contributed by atoms with E-state index in [9.17, 15) is 0 Å². The van der Waals surface area contributed by atoms with E-state index in [1.807, 2.05) is 13.0 Å². The third kappa shape index (κ3) is 1.91. The summed E-state index contributed by atoms with van der Waals surface area (Å²) in [7, 11) is 1.63. The highest BCUT2D eigenvalue weighted by atomic mass is 16.5. The van der Waals surface area contributed by atoms with E-state index in [2.05, 4.69) is 4.98 Å². The Morgan fingerprint density at radius 3 is 2.91 bits per heavy atom. The van der Waals surface area contributed by atoms with Crippen molar-refractivity contribution < 1.29 is 4.74 Å². The molecule has 0 radical (unpaired) electrons. The maximum atomic E-state index is 5.62. The molecule has 0 bridgehead atoms. The lowest BCUT2D eigenvalue weighted by Gasteiger charge is -2.05. The van der Waals surface area contributed by atoms with Gasteiger partial charge >= 0.3 is 0 Å². The average molecular weight is 152 g/mol. The van der Waals surface area contributed by atoms with E-state index in [1.54, 1.807) is 19.4 Å². The minimum absolute atomic E-state index is 0.0369. The van der Waals surface area contributed by atoms with Crippen LogP contribution in [0.25, 0.3) is 0 Å². The van der Waals surface area contributed by atoms with E-state index < -0.39 is 0 Å². The Morgan fingerprint density at radius 2 is 2.36 bits per heavy atom. The number of hydrogen-bond acceptors (Lipinski definition) is 3. The van der Waals surface area contributed by atoms with Gasteiger partial charge in [-0.3, -0.25) is 4.98 Å². The van der Waals surface area contributed by atoms with Gasteiger partial charge in [0.1, 0.15) is 5.75 Å². The van der Waals surface area contributed by atoms with Crippen molar-refractivity contribution in [2.45, 2.75) is 13.0 Å². The lowest BCUT2D eigenvalue weighted by Crippen LogP contribution is -2.06. The molecule has 0 spiro atoms. The minimum Gasteiger partial charge on any atom is -0.497 e. The Balaban J connectivity index is 2.91. The first-order chi connectivity index (χ1) is 5.24. The van der Waals surface area contributed by atoms with Crippen LogP contribution in [-0.2, 0) is 0 Å². The summed E-state index contributed by atoms with van der Waals surface area (Å²) in [4.78, 5) is 4.08. The molecule has 1 atom stereocenters. The van der Waals surface area contributed by atoms with Gasteiger partial charge in [-0.2, -0.15) is 0 Å². The molecule has 0 fully saturated rings. The smallest absolute Gasteiger partial charge is 0.122 e. The zero-order valence-electron chi connectivity index (χ0n) is 6.74. The van der Waals surface area contributed by atoms with Crippen molar-refractivity contribution in [2.24, 2.45) is 5.73 Å². The molecule has 0 saturated heterocycles. The molecule has 0 saturated carbocycles. The summed E-state index contributed by atoms with van der Waals surface area (Å²) in [6, 6.07) is 3.60. The SMILES string of the molecule is COc1ccnc(C(C)N)c1. The molecule has 2 N–H and O–H groups in total. The van der Waals surface area contributed by atoms with Crippen molar-refractivity contribution >= 4 is 0 Å². The van der Waals surface area contributed by atoms with Crippen LogP contribution in [0.1, 0.15) is 18.7 Å². The fourth-order valence-electron chi connectivity index (χ4n) is 0.804. The summed E-state index contributed by atoms with van der Waals surface area (Å²) >= 11 is 0. The topological polar surface area (TPSA) is 48.1 Å². The molecule has 1 aromatic heterocycles. The van der Waals surface area contributed by atoms with E-state index in [-0.39, 0.29) is 6.04 Å². The summed E-state index contributed by atoms with van der Waals surface area (Å²) in [5.74, 6) is 0.798. The van der Waals surface area contributed by atoms with Crippen LogP contribution in [0.5, 0.6) is 5.75 Å². The van der Waals surface area contributed by atoms with Crippen molar-refractivity contribution in [2.75, 3.05) is 7.11 Å². The van der Waals surface area contributed by atoms with Gasteiger partial charge in [0.05, 0.1) is 12.8 Å². The van der Waals surface area contributed by atoms with Crippen LogP contribution < -0.4 is 10.5 Å². The van der Waals surface area contributed by atoms with E-state index in [1.165, 1.54) is 0 Å². The first-order valence-corrected chi connectivity index (χ1v) is 3.49. The van der Waals surface area contributed by atoms with Crippen LogP contribution in [0, 0.1) is 0 Å². The van der Waals surface area contributed by atoms with Crippen molar-refractivity contribution in [1.82, 2.24) is 4.98 Å². The second kappa shape index (κ2) is 3.34. The van der Waals surface area contributed by atoms with Crippen LogP contribution in [0.4, 0.5) is 0 Å². The van der Waals surface area contributed by atoms with Gasteiger partial charge in [0.2, 0.25) is 0 Å².